The fourth-order valence-electron chi connectivity index (χ4n) is 1.61. The molecule has 1 N–H and O–H groups in total. The number of hydrogen-bond donors (Lipinski definition) is 1. The number of anilines is 1. The smallest absolute Gasteiger partial charge is 0.257 e. The van der Waals surface area contributed by atoms with E-state index in [9.17, 15) is 9.18 Å². The Morgan fingerprint density at radius 1 is 1.30 bits per heavy atom. The van der Waals surface area contributed by atoms with Crippen LogP contribution in [0.2, 0.25) is 0 Å². The molecule has 0 bridgehead atoms. The predicted molar refractivity (Wildman–Crippen MR) is 73.9 cm³/mol. The van der Waals surface area contributed by atoms with Gasteiger partial charge in [0, 0.05) is 12.8 Å². The Bertz CT molecular complexity index is 585. The van der Waals surface area contributed by atoms with Gasteiger partial charge in [-0.25, -0.2) is 4.39 Å². The topological polar surface area (TPSA) is 51.2 Å². The summed E-state index contributed by atoms with van der Waals surface area (Å²) in [6.45, 7) is 2.92. The molecule has 0 saturated carbocycles. The van der Waals surface area contributed by atoms with Crippen LogP contribution in [0, 0.1) is 5.82 Å². The van der Waals surface area contributed by atoms with E-state index in [1.807, 2.05) is 6.92 Å². The van der Waals surface area contributed by atoms with E-state index in [0.717, 1.165) is 5.69 Å². The number of ether oxygens (including phenoxy) is 1. The van der Waals surface area contributed by atoms with E-state index in [1.54, 1.807) is 24.3 Å². The molecule has 0 spiro atoms. The van der Waals surface area contributed by atoms with Gasteiger partial charge in [0.15, 0.2) is 0 Å². The van der Waals surface area contributed by atoms with Gasteiger partial charge >= 0.3 is 0 Å². The number of carbonyl (C=O) groups excluding carboxylic acids is 1. The van der Waals surface area contributed by atoms with Crippen molar-refractivity contribution in [1.82, 2.24) is 4.98 Å². The number of benzene rings is 1. The van der Waals surface area contributed by atoms with Crippen LogP contribution >= 0.6 is 0 Å². The van der Waals surface area contributed by atoms with Gasteiger partial charge in [-0.1, -0.05) is 12.1 Å². The van der Waals surface area contributed by atoms with E-state index in [1.165, 1.54) is 18.3 Å². The van der Waals surface area contributed by atoms with E-state index >= 15 is 0 Å². The summed E-state index contributed by atoms with van der Waals surface area (Å²) < 4.78 is 18.6. The highest BCUT2D eigenvalue weighted by atomic mass is 19.1. The summed E-state index contributed by atoms with van der Waals surface area (Å²) >= 11 is 0. The molecule has 1 aromatic carbocycles. The lowest BCUT2D eigenvalue weighted by Crippen LogP contribution is -2.13. The lowest BCUT2D eigenvalue weighted by molar-refractivity contribution is 0.102. The van der Waals surface area contributed by atoms with Crippen molar-refractivity contribution in [3.05, 3.63) is 59.7 Å². The molecule has 2 aromatic rings. The number of carbonyl (C=O) groups is 1. The fourth-order valence-corrected chi connectivity index (χ4v) is 1.61. The average molecular weight is 274 g/mol. The molecule has 0 aliphatic carbocycles. The van der Waals surface area contributed by atoms with Crippen LogP contribution in [0.1, 0.15) is 23.0 Å². The molecule has 0 radical (unpaired) electrons. The van der Waals surface area contributed by atoms with Gasteiger partial charge in [-0.15, -0.1) is 0 Å². The molecule has 0 fully saturated rings. The van der Waals surface area contributed by atoms with E-state index in [2.05, 4.69) is 10.3 Å². The van der Waals surface area contributed by atoms with Crippen LogP contribution < -0.4 is 5.32 Å². The number of halogens is 1. The molecule has 4 nitrogen and oxygen atoms in total. The zero-order chi connectivity index (χ0) is 14.4. The minimum atomic E-state index is -0.471. The van der Waals surface area contributed by atoms with Crippen molar-refractivity contribution in [2.75, 3.05) is 11.9 Å². The van der Waals surface area contributed by atoms with Gasteiger partial charge in [-0.3, -0.25) is 9.78 Å². The van der Waals surface area contributed by atoms with Gasteiger partial charge in [0.2, 0.25) is 0 Å². The molecular formula is C15H15FN2O2. The number of nitrogens with one attached hydrogen (secondary N) is 1. The normalized spacial score (nSPS) is 10.3. The molecule has 104 valence electrons. The van der Waals surface area contributed by atoms with Crippen LogP contribution in [-0.2, 0) is 11.3 Å². The second-order valence-electron chi connectivity index (χ2n) is 4.11. The monoisotopic (exact) mass is 274 g/mol. The molecule has 0 unspecified atom stereocenters. The summed E-state index contributed by atoms with van der Waals surface area (Å²) in [5.41, 5.74) is 1.26. The van der Waals surface area contributed by atoms with Crippen LogP contribution in [0.25, 0.3) is 0 Å². The molecule has 20 heavy (non-hydrogen) atoms. The van der Waals surface area contributed by atoms with Gasteiger partial charge in [0.25, 0.3) is 5.91 Å². The Hall–Kier alpha value is -2.27. The summed E-state index contributed by atoms with van der Waals surface area (Å²) in [5, 5.41) is 2.50. The first kappa shape index (κ1) is 14.1. The van der Waals surface area contributed by atoms with Crippen molar-refractivity contribution >= 4 is 11.6 Å². The van der Waals surface area contributed by atoms with Crippen LogP contribution in [0.15, 0.2) is 42.6 Å². The molecule has 1 aromatic heterocycles. The third-order valence-electron chi connectivity index (χ3n) is 2.66. The lowest BCUT2D eigenvalue weighted by atomic mass is 10.2. The van der Waals surface area contributed by atoms with Gasteiger partial charge in [0.05, 0.1) is 23.6 Å². The van der Waals surface area contributed by atoms with Crippen molar-refractivity contribution in [1.29, 1.82) is 0 Å². The number of rotatable bonds is 5. The minimum Gasteiger partial charge on any atom is -0.375 e. The second-order valence-corrected chi connectivity index (χ2v) is 4.11. The summed E-state index contributed by atoms with van der Waals surface area (Å²) in [6, 6.07) is 9.36. The van der Waals surface area contributed by atoms with Crippen molar-refractivity contribution in [3.63, 3.8) is 0 Å². The number of nitrogens with zero attached hydrogens (tertiary/aromatic N) is 1. The molecule has 0 aliphatic heterocycles. The van der Waals surface area contributed by atoms with Crippen LogP contribution in [0.3, 0.4) is 0 Å². The number of aromatic nitrogens is 1. The van der Waals surface area contributed by atoms with E-state index in [-0.39, 0.29) is 5.69 Å². The summed E-state index contributed by atoms with van der Waals surface area (Å²) in [5.74, 6) is -0.868. The molecule has 5 heteroatoms. The SMILES string of the molecule is CCOCc1ccc(C(=O)Nc2ccccc2F)cn1. The Morgan fingerprint density at radius 3 is 2.75 bits per heavy atom. The van der Waals surface area contributed by atoms with Crippen LogP contribution in [-0.4, -0.2) is 17.5 Å². The maximum absolute atomic E-state index is 13.4. The lowest BCUT2D eigenvalue weighted by Gasteiger charge is -2.06. The number of pyridine rings is 1. The first-order valence-electron chi connectivity index (χ1n) is 6.29. The van der Waals surface area contributed by atoms with E-state index in [4.69, 9.17) is 4.74 Å². The zero-order valence-electron chi connectivity index (χ0n) is 11.1. The molecule has 2 rings (SSSR count). The molecule has 0 saturated heterocycles. The third kappa shape index (κ3) is 3.61. The Balaban J connectivity index is 2.04. The van der Waals surface area contributed by atoms with Gasteiger partial charge in [-0.2, -0.15) is 0 Å². The Labute approximate surface area is 116 Å². The average Bonchev–Trinajstić information content (AvgIpc) is 2.48. The van der Waals surface area contributed by atoms with Gasteiger partial charge in [-0.05, 0) is 31.2 Å². The van der Waals surface area contributed by atoms with E-state index < -0.39 is 11.7 Å². The van der Waals surface area contributed by atoms with Crippen molar-refractivity contribution in [2.45, 2.75) is 13.5 Å². The number of hydrogen-bond acceptors (Lipinski definition) is 3. The molecule has 1 heterocycles. The Morgan fingerprint density at radius 2 is 2.10 bits per heavy atom. The molecule has 0 aliphatic rings. The highest BCUT2D eigenvalue weighted by Gasteiger charge is 2.09. The summed E-state index contributed by atoms with van der Waals surface area (Å²) in [6.07, 6.45) is 1.45. The van der Waals surface area contributed by atoms with Crippen LogP contribution in [0.5, 0.6) is 0 Å². The standard InChI is InChI=1S/C15H15FN2O2/c1-2-20-10-12-8-7-11(9-17-12)15(19)18-14-6-4-3-5-13(14)16/h3-9H,2,10H2,1H3,(H,18,19). The first-order chi connectivity index (χ1) is 9.70. The highest BCUT2D eigenvalue weighted by Crippen LogP contribution is 2.14. The van der Waals surface area contributed by atoms with E-state index in [0.29, 0.717) is 18.8 Å². The second kappa shape index (κ2) is 6.77. The van der Waals surface area contributed by atoms with Gasteiger partial charge in [0.1, 0.15) is 5.82 Å². The third-order valence-corrected chi connectivity index (χ3v) is 2.66. The first-order valence-corrected chi connectivity index (χ1v) is 6.29. The quantitative estimate of drug-likeness (QED) is 0.911. The molecular weight excluding hydrogens is 259 g/mol. The summed E-state index contributed by atoms with van der Waals surface area (Å²) in [4.78, 5) is 16.1. The van der Waals surface area contributed by atoms with Gasteiger partial charge < -0.3 is 10.1 Å². The zero-order valence-corrected chi connectivity index (χ0v) is 11.1. The van der Waals surface area contributed by atoms with Crippen molar-refractivity contribution in [2.24, 2.45) is 0 Å². The molecule has 1 amide bonds. The Kier molecular flexibility index (Phi) is 4.79. The maximum Gasteiger partial charge on any atom is 0.257 e. The number of amides is 1. The summed E-state index contributed by atoms with van der Waals surface area (Å²) in [7, 11) is 0. The van der Waals surface area contributed by atoms with Crippen molar-refractivity contribution < 1.29 is 13.9 Å². The predicted octanol–water partition coefficient (Wildman–Crippen LogP) is 3.01. The van der Waals surface area contributed by atoms with Crippen LogP contribution in [0.4, 0.5) is 10.1 Å². The highest BCUT2D eigenvalue weighted by molar-refractivity contribution is 6.04. The number of para-hydroxylation sites is 1. The minimum absolute atomic E-state index is 0.149. The maximum atomic E-state index is 13.4. The van der Waals surface area contributed by atoms with Crippen molar-refractivity contribution in [3.8, 4) is 0 Å². The molecule has 0 atom stereocenters. The largest absolute Gasteiger partial charge is 0.375 e. The fraction of sp³-hybridized carbons (Fsp3) is 0.200.